The van der Waals surface area contributed by atoms with Crippen LogP contribution < -0.4 is 5.73 Å². The molecule has 0 spiro atoms. The smallest absolute Gasteiger partial charge is 0.144 e. The summed E-state index contributed by atoms with van der Waals surface area (Å²) < 4.78 is 0. The molecule has 1 aliphatic carbocycles. The first-order chi connectivity index (χ1) is 7.17. The van der Waals surface area contributed by atoms with Crippen LogP contribution in [0.15, 0.2) is 22.3 Å². The SMILES string of the molecule is C=NC(=C)C(N)=NC1CCC(CC)CC1. The Morgan fingerprint density at radius 2 is 1.93 bits per heavy atom. The lowest BCUT2D eigenvalue weighted by Crippen LogP contribution is -2.22. The minimum Gasteiger partial charge on any atom is -0.382 e. The van der Waals surface area contributed by atoms with Gasteiger partial charge in [-0.2, -0.15) is 0 Å². The van der Waals surface area contributed by atoms with Crippen LogP contribution in [0, 0.1) is 5.92 Å². The van der Waals surface area contributed by atoms with Gasteiger partial charge in [0.1, 0.15) is 5.84 Å². The highest BCUT2D eigenvalue weighted by Crippen LogP contribution is 2.28. The Kier molecular flexibility index (Phi) is 4.53. The highest BCUT2D eigenvalue weighted by Gasteiger charge is 2.19. The van der Waals surface area contributed by atoms with Crippen molar-refractivity contribution in [1.82, 2.24) is 0 Å². The van der Waals surface area contributed by atoms with Crippen LogP contribution in [-0.2, 0) is 0 Å². The molecule has 1 saturated carbocycles. The van der Waals surface area contributed by atoms with Gasteiger partial charge in [-0.3, -0.25) is 9.98 Å². The molecule has 0 atom stereocenters. The largest absolute Gasteiger partial charge is 0.382 e. The van der Waals surface area contributed by atoms with Gasteiger partial charge in [-0.25, -0.2) is 0 Å². The second-order valence-electron chi connectivity index (χ2n) is 4.20. The van der Waals surface area contributed by atoms with Crippen LogP contribution in [0.1, 0.15) is 39.0 Å². The van der Waals surface area contributed by atoms with Gasteiger partial charge in [0.25, 0.3) is 0 Å². The average Bonchev–Trinajstić information content (AvgIpc) is 2.29. The van der Waals surface area contributed by atoms with Crippen LogP contribution in [0.25, 0.3) is 0 Å². The predicted octanol–water partition coefficient (Wildman–Crippen LogP) is 2.53. The maximum Gasteiger partial charge on any atom is 0.144 e. The van der Waals surface area contributed by atoms with Gasteiger partial charge in [-0.05, 0) is 38.3 Å². The quantitative estimate of drug-likeness (QED) is 0.559. The van der Waals surface area contributed by atoms with E-state index < -0.39 is 0 Å². The Bertz CT molecular complexity index is 260. The number of amidine groups is 1. The van der Waals surface area contributed by atoms with Gasteiger partial charge < -0.3 is 5.73 Å². The summed E-state index contributed by atoms with van der Waals surface area (Å²) in [5.74, 6) is 1.34. The number of aliphatic imine (C=N–C) groups is 2. The number of nitrogens with zero attached hydrogens (tertiary/aromatic N) is 2. The summed E-state index contributed by atoms with van der Waals surface area (Å²) in [6, 6.07) is 0.367. The zero-order chi connectivity index (χ0) is 11.3. The standard InChI is InChI=1S/C12H21N3/c1-4-10-5-7-11(8-6-10)15-12(13)9(2)14-3/h10-11H,2-8H2,1H3,(H2,13,15). The molecule has 2 N–H and O–H groups in total. The van der Waals surface area contributed by atoms with Crippen LogP contribution in [-0.4, -0.2) is 18.6 Å². The van der Waals surface area contributed by atoms with Crippen molar-refractivity contribution in [2.24, 2.45) is 21.6 Å². The van der Waals surface area contributed by atoms with Crippen molar-refractivity contribution in [3.8, 4) is 0 Å². The Morgan fingerprint density at radius 1 is 1.33 bits per heavy atom. The lowest BCUT2D eigenvalue weighted by atomic mass is 9.85. The fraction of sp³-hybridized carbons (Fsp3) is 0.667. The third kappa shape index (κ3) is 3.50. The van der Waals surface area contributed by atoms with Crippen molar-refractivity contribution in [3.63, 3.8) is 0 Å². The van der Waals surface area contributed by atoms with Crippen LogP contribution in [0.3, 0.4) is 0 Å². The molecule has 0 radical (unpaired) electrons. The summed E-state index contributed by atoms with van der Waals surface area (Å²) in [5.41, 5.74) is 6.24. The summed E-state index contributed by atoms with van der Waals surface area (Å²) in [6.07, 6.45) is 6.11. The molecule has 1 fully saturated rings. The molecule has 0 aromatic rings. The van der Waals surface area contributed by atoms with E-state index in [4.69, 9.17) is 5.73 Å². The van der Waals surface area contributed by atoms with E-state index in [0.717, 1.165) is 18.8 Å². The van der Waals surface area contributed by atoms with Crippen molar-refractivity contribution < 1.29 is 0 Å². The Hall–Kier alpha value is -1.12. The monoisotopic (exact) mass is 207 g/mol. The van der Waals surface area contributed by atoms with E-state index in [0.29, 0.717) is 17.6 Å². The second kappa shape index (κ2) is 5.69. The van der Waals surface area contributed by atoms with Crippen LogP contribution >= 0.6 is 0 Å². The van der Waals surface area contributed by atoms with E-state index in [2.05, 4.69) is 30.2 Å². The number of rotatable bonds is 4. The van der Waals surface area contributed by atoms with Gasteiger partial charge in [-0.15, -0.1) is 0 Å². The lowest BCUT2D eigenvalue weighted by molar-refractivity contribution is 0.320. The molecular weight excluding hydrogens is 186 g/mol. The maximum absolute atomic E-state index is 5.74. The molecule has 3 heteroatoms. The Balaban J connectivity index is 2.47. The summed E-state index contributed by atoms with van der Waals surface area (Å²) >= 11 is 0. The van der Waals surface area contributed by atoms with Crippen molar-refractivity contribution in [2.75, 3.05) is 0 Å². The highest BCUT2D eigenvalue weighted by atomic mass is 14.9. The zero-order valence-corrected chi connectivity index (χ0v) is 9.58. The van der Waals surface area contributed by atoms with Crippen molar-refractivity contribution in [3.05, 3.63) is 12.3 Å². The Morgan fingerprint density at radius 3 is 2.40 bits per heavy atom. The molecule has 0 aliphatic heterocycles. The third-order valence-electron chi connectivity index (χ3n) is 3.20. The minimum atomic E-state index is 0.367. The molecular formula is C12H21N3. The number of nitrogens with two attached hydrogens (primary N) is 1. The van der Waals surface area contributed by atoms with Gasteiger partial charge in [0.2, 0.25) is 0 Å². The molecule has 0 amide bonds. The number of hydrogen-bond donors (Lipinski definition) is 1. The van der Waals surface area contributed by atoms with E-state index in [1.165, 1.54) is 19.3 Å². The molecule has 0 saturated heterocycles. The van der Waals surface area contributed by atoms with Crippen molar-refractivity contribution in [2.45, 2.75) is 45.1 Å². The first-order valence-electron chi connectivity index (χ1n) is 5.66. The van der Waals surface area contributed by atoms with E-state index in [1.807, 2.05) is 0 Å². The van der Waals surface area contributed by atoms with Gasteiger partial charge in [0.05, 0.1) is 11.7 Å². The maximum atomic E-state index is 5.74. The summed E-state index contributed by atoms with van der Waals surface area (Å²) in [6.45, 7) is 9.33. The topological polar surface area (TPSA) is 50.7 Å². The van der Waals surface area contributed by atoms with Crippen LogP contribution in [0.5, 0.6) is 0 Å². The fourth-order valence-electron chi connectivity index (χ4n) is 2.03. The molecule has 84 valence electrons. The van der Waals surface area contributed by atoms with Crippen LogP contribution in [0.4, 0.5) is 0 Å². The molecule has 15 heavy (non-hydrogen) atoms. The van der Waals surface area contributed by atoms with Crippen molar-refractivity contribution in [1.29, 1.82) is 0 Å². The summed E-state index contributed by atoms with van der Waals surface area (Å²) in [4.78, 5) is 8.12. The fourth-order valence-corrected chi connectivity index (χ4v) is 2.03. The molecule has 3 nitrogen and oxygen atoms in total. The Labute approximate surface area is 92.2 Å². The average molecular weight is 207 g/mol. The van der Waals surface area contributed by atoms with E-state index in [9.17, 15) is 0 Å². The summed E-state index contributed by atoms with van der Waals surface area (Å²) in [5, 5.41) is 0. The lowest BCUT2D eigenvalue weighted by Gasteiger charge is -2.25. The second-order valence-corrected chi connectivity index (χ2v) is 4.20. The first-order valence-corrected chi connectivity index (χ1v) is 5.66. The molecule has 0 unspecified atom stereocenters. The van der Waals surface area contributed by atoms with Crippen LogP contribution in [0.2, 0.25) is 0 Å². The predicted molar refractivity (Wildman–Crippen MR) is 66.3 cm³/mol. The molecule has 0 aromatic heterocycles. The summed E-state index contributed by atoms with van der Waals surface area (Å²) in [7, 11) is 0. The van der Waals surface area contributed by atoms with Gasteiger partial charge in [0, 0.05) is 0 Å². The van der Waals surface area contributed by atoms with E-state index in [1.54, 1.807) is 0 Å². The number of hydrogen-bond acceptors (Lipinski definition) is 2. The van der Waals surface area contributed by atoms with Gasteiger partial charge in [-0.1, -0.05) is 19.9 Å². The molecule has 0 heterocycles. The van der Waals surface area contributed by atoms with Crippen molar-refractivity contribution >= 4 is 12.6 Å². The van der Waals surface area contributed by atoms with Gasteiger partial charge in [0.15, 0.2) is 0 Å². The van der Waals surface area contributed by atoms with E-state index in [-0.39, 0.29) is 0 Å². The zero-order valence-electron chi connectivity index (χ0n) is 9.58. The molecule has 0 bridgehead atoms. The van der Waals surface area contributed by atoms with E-state index >= 15 is 0 Å². The first kappa shape index (κ1) is 12.0. The van der Waals surface area contributed by atoms with Gasteiger partial charge >= 0.3 is 0 Å². The third-order valence-corrected chi connectivity index (χ3v) is 3.20. The molecule has 0 aromatic carbocycles. The minimum absolute atomic E-state index is 0.367. The highest BCUT2D eigenvalue weighted by molar-refractivity contribution is 5.96. The molecule has 1 aliphatic rings. The molecule has 1 rings (SSSR count). The normalized spacial score (nSPS) is 27.4.